The molecular formula is C25H28ClN5O3S. The summed E-state index contributed by atoms with van der Waals surface area (Å²) >= 11 is 7.65. The summed E-state index contributed by atoms with van der Waals surface area (Å²) < 4.78 is 5.15. The zero-order chi connectivity index (χ0) is 24.6. The third kappa shape index (κ3) is 6.36. The van der Waals surface area contributed by atoms with Crippen molar-refractivity contribution in [3.05, 3.63) is 63.8 Å². The number of halogens is 1. The lowest BCUT2D eigenvalue weighted by atomic mass is 10.1. The van der Waals surface area contributed by atoms with Crippen molar-refractivity contribution in [3.8, 4) is 11.3 Å². The highest BCUT2D eigenvalue weighted by Crippen LogP contribution is 2.26. The van der Waals surface area contributed by atoms with Gasteiger partial charge in [-0.2, -0.15) is 0 Å². The van der Waals surface area contributed by atoms with Crippen LogP contribution in [0.15, 0.2) is 53.9 Å². The van der Waals surface area contributed by atoms with E-state index in [1.54, 1.807) is 18.1 Å². The Bertz CT molecular complexity index is 1130. The van der Waals surface area contributed by atoms with Gasteiger partial charge in [-0.25, -0.2) is 0 Å². The molecule has 0 N–H and O–H groups in total. The molecule has 0 unspecified atom stereocenters. The SMILES string of the molecule is COCCN(CC(=O)N1CCCN(c2ccc(-c3ccccc3Cl)nn2)CC1)C(=O)c1cccs1. The van der Waals surface area contributed by atoms with Gasteiger partial charge in [0.15, 0.2) is 5.82 Å². The molecule has 0 radical (unpaired) electrons. The summed E-state index contributed by atoms with van der Waals surface area (Å²) in [6.45, 7) is 3.37. The number of ether oxygens (including phenoxy) is 1. The van der Waals surface area contributed by atoms with E-state index < -0.39 is 0 Å². The molecule has 1 aliphatic rings. The van der Waals surface area contributed by atoms with Crippen LogP contribution in [0.4, 0.5) is 5.82 Å². The lowest BCUT2D eigenvalue weighted by Gasteiger charge is -2.26. The lowest BCUT2D eigenvalue weighted by Crippen LogP contribution is -2.45. The number of benzene rings is 1. The predicted molar refractivity (Wildman–Crippen MR) is 138 cm³/mol. The fraction of sp³-hybridized carbons (Fsp3) is 0.360. The highest BCUT2D eigenvalue weighted by molar-refractivity contribution is 7.12. The zero-order valence-corrected chi connectivity index (χ0v) is 21.2. The van der Waals surface area contributed by atoms with Crippen molar-refractivity contribution in [1.29, 1.82) is 0 Å². The number of methoxy groups -OCH3 is 1. The molecule has 3 heterocycles. The summed E-state index contributed by atoms with van der Waals surface area (Å²) in [4.78, 5) is 32.1. The maximum Gasteiger partial charge on any atom is 0.264 e. The van der Waals surface area contributed by atoms with Crippen LogP contribution < -0.4 is 4.90 Å². The number of carbonyl (C=O) groups excluding carboxylic acids is 2. The van der Waals surface area contributed by atoms with Gasteiger partial charge in [-0.3, -0.25) is 9.59 Å². The molecule has 10 heteroatoms. The molecule has 3 aromatic rings. The topological polar surface area (TPSA) is 78.9 Å². The van der Waals surface area contributed by atoms with E-state index in [1.807, 2.05) is 52.7 Å². The average molecular weight is 514 g/mol. The molecular weight excluding hydrogens is 486 g/mol. The summed E-state index contributed by atoms with van der Waals surface area (Å²) in [5.41, 5.74) is 1.56. The quantitative estimate of drug-likeness (QED) is 0.457. The summed E-state index contributed by atoms with van der Waals surface area (Å²) in [5.74, 6) is 0.563. The molecule has 35 heavy (non-hydrogen) atoms. The fourth-order valence-corrected chi connectivity index (χ4v) is 4.90. The van der Waals surface area contributed by atoms with Crippen LogP contribution in [-0.2, 0) is 9.53 Å². The van der Waals surface area contributed by atoms with E-state index in [2.05, 4.69) is 15.1 Å². The summed E-state index contributed by atoms with van der Waals surface area (Å²) in [5, 5.41) is 11.3. The lowest BCUT2D eigenvalue weighted by molar-refractivity contribution is -0.131. The first-order chi connectivity index (χ1) is 17.1. The van der Waals surface area contributed by atoms with Crippen LogP contribution in [0.2, 0.25) is 5.02 Å². The van der Waals surface area contributed by atoms with Gasteiger partial charge in [0, 0.05) is 45.4 Å². The third-order valence-electron chi connectivity index (χ3n) is 5.88. The highest BCUT2D eigenvalue weighted by atomic mass is 35.5. The summed E-state index contributed by atoms with van der Waals surface area (Å²) in [6, 6.07) is 15.0. The van der Waals surface area contributed by atoms with E-state index >= 15 is 0 Å². The molecule has 1 aromatic carbocycles. The Morgan fingerprint density at radius 1 is 1.06 bits per heavy atom. The van der Waals surface area contributed by atoms with Gasteiger partial charge in [0.1, 0.15) is 6.54 Å². The Hall–Kier alpha value is -3.01. The number of hydrogen-bond donors (Lipinski definition) is 0. The maximum atomic E-state index is 13.1. The van der Waals surface area contributed by atoms with Gasteiger partial charge < -0.3 is 19.4 Å². The second-order valence-corrected chi connectivity index (χ2v) is 9.53. The molecule has 4 rings (SSSR count). The van der Waals surface area contributed by atoms with E-state index in [4.69, 9.17) is 16.3 Å². The van der Waals surface area contributed by atoms with Gasteiger partial charge in [0.25, 0.3) is 5.91 Å². The molecule has 1 saturated heterocycles. The van der Waals surface area contributed by atoms with Crippen LogP contribution in [0, 0.1) is 0 Å². The van der Waals surface area contributed by atoms with Crippen molar-refractivity contribution in [1.82, 2.24) is 20.0 Å². The monoisotopic (exact) mass is 513 g/mol. The first-order valence-corrected chi connectivity index (χ1v) is 12.8. The average Bonchev–Trinajstić information content (AvgIpc) is 3.31. The predicted octanol–water partition coefficient (Wildman–Crippen LogP) is 3.69. The minimum absolute atomic E-state index is 0.0342. The fourth-order valence-electron chi connectivity index (χ4n) is 3.98. The number of rotatable bonds is 8. The largest absolute Gasteiger partial charge is 0.383 e. The molecule has 1 fully saturated rings. The van der Waals surface area contributed by atoms with Crippen LogP contribution in [0.5, 0.6) is 0 Å². The van der Waals surface area contributed by atoms with Crippen molar-refractivity contribution in [2.24, 2.45) is 0 Å². The van der Waals surface area contributed by atoms with Crippen LogP contribution in [-0.4, -0.2) is 84.8 Å². The third-order valence-corrected chi connectivity index (χ3v) is 7.07. The van der Waals surface area contributed by atoms with Crippen molar-refractivity contribution in [3.63, 3.8) is 0 Å². The summed E-state index contributed by atoms with van der Waals surface area (Å²) in [7, 11) is 1.59. The van der Waals surface area contributed by atoms with Gasteiger partial charge in [-0.05, 0) is 36.1 Å². The molecule has 184 valence electrons. The molecule has 0 spiro atoms. The van der Waals surface area contributed by atoms with Crippen molar-refractivity contribution >= 4 is 40.6 Å². The number of amides is 2. The van der Waals surface area contributed by atoms with Crippen LogP contribution in [0.1, 0.15) is 16.1 Å². The summed E-state index contributed by atoms with van der Waals surface area (Å²) in [6.07, 6.45) is 0.802. The van der Waals surface area contributed by atoms with Gasteiger partial charge in [0.05, 0.1) is 22.2 Å². The van der Waals surface area contributed by atoms with Gasteiger partial charge in [-0.1, -0.05) is 35.9 Å². The Kier molecular flexibility index (Phi) is 8.68. The number of anilines is 1. The normalized spacial score (nSPS) is 14.0. The zero-order valence-electron chi connectivity index (χ0n) is 19.6. The smallest absolute Gasteiger partial charge is 0.264 e. The molecule has 0 saturated carbocycles. The van der Waals surface area contributed by atoms with Crippen LogP contribution in [0.3, 0.4) is 0 Å². The van der Waals surface area contributed by atoms with Crippen LogP contribution in [0.25, 0.3) is 11.3 Å². The molecule has 2 amide bonds. The Labute approximate surface area is 214 Å². The molecule has 1 aliphatic heterocycles. The molecule has 2 aromatic heterocycles. The molecule has 8 nitrogen and oxygen atoms in total. The van der Waals surface area contributed by atoms with Crippen molar-refractivity contribution < 1.29 is 14.3 Å². The minimum atomic E-state index is -0.143. The number of carbonyl (C=O) groups is 2. The van der Waals surface area contributed by atoms with Gasteiger partial charge in [-0.15, -0.1) is 21.5 Å². The minimum Gasteiger partial charge on any atom is -0.383 e. The number of thiophene rings is 1. The second-order valence-electron chi connectivity index (χ2n) is 8.17. The standard InChI is InChI=1S/C25H28ClN5O3S/c1-34-16-15-31(25(33)22-8-4-17-35-22)18-24(32)30-12-5-11-29(13-14-30)23-10-9-21(27-28-23)19-6-2-3-7-20(19)26/h2-4,6-10,17H,5,11-16,18H2,1H3. The van der Waals surface area contributed by atoms with E-state index in [1.165, 1.54) is 11.3 Å². The first kappa shape index (κ1) is 25.1. The number of aromatic nitrogens is 2. The highest BCUT2D eigenvalue weighted by Gasteiger charge is 2.25. The van der Waals surface area contributed by atoms with Gasteiger partial charge >= 0.3 is 0 Å². The molecule has 0 atom stereocenters. The second kappa shape index (κ2) is 12.1. The van der Waals surface area contributed by atoms with E-state index in [-0.39, 0.29) is 18.4 Å². The number of hydrogen-bond acceptors (Lipinski definition) is 7. The first-order valence-electron chi connectivity index (χ1n) is 11.5. The molecule has 0 aliphatic carbocycles. The van der Waals surface area contributed by atoms with Crippen LogP contribution >= 0.6 is 22.9 Å². The number of nitrogens with zero attached hydrogens (tertiary/aromatic N) is 5. The van der Waals surface area contributed by atoms with Crippen molar-refractivity contribution in [2.45, 2.75) is 6.42 Å². The maximum absolute atomic E-state index is 13.1. The van der Waals surface area contributed by atoms with Crippen molar-refractivity contribution in [2.75, 3.05) is 57.9 Å². The van der Waals surface area contributed by atoms with E-state index in [9.17, 15) is 9.59 Å². The van der Waals surface area contributed by atoms with E-state index in [0.717, 1.165) is 30.0 Å². The Morgan fingerprint density at radius 3 is 2.63 bits per heavy atom. The molecule has 0 bridgehead atoms. The Balaban J connectivity index is 1.37. The van der Waals surface area contributed by atoms with E-state index in [0.29, 0.717) is 42.7 Å². The van der Waals surface area contributed by atoms with Gasteiger partial charge in [0.2, 0.25) is 5.91 Å². The Morgan fingerprint density at radius 2 is 1.91 bits per heavy atom.